The first kappa shape index (κ1) is 17.1. The van der Waals surface area contributed by atoms with Crippen molar-refractivity contribution >= 4 is 27.5 Å². The quantitative estimate of drug-likeness (QED) is 0.592. The zero-order valence-corrected chi connectivity index (χ0v) is 15.0. The van der Waals surface area contributed by atoms with Crippen molar-refractivity contribution in [2.45, 2.75) is 58.9 Å². The van der Waals surface area contributed by atoms with Crippen LogP contribution in [0.2, 0.25) is 0 Å². The van der Waals surface area contributed by atoms with E-state index in [2.05, 4.69) is 24.2 Å². The molecule has 0 bridgehead atoms. The number of carbonyl (C=O) groups is 1. The summed E-state index contributed by atoms with van der Waals surface area (Å²) in [6, 6.07) is 0. The van der Waals surface area contributed by atoms with Crippen LogP contribution in [0.5, 0.6) is 0 Å². The third-order valence-electron chi connectivity index (χ3n) is 4.47. The van der Waals surface area contributed by atoms with Gasteiger partial charge in [0.25, 0.3) is 5.56 Å². The summed E-state index contributed by atoms with van der Waals surface area (Å²) in [7, 11) is 0. The van der Waals surface area contributed by atoms with Crippen LogP contribution in [-0.4, -0.2) is 27.6 Å². The van der Waals surface area contributed by atoms with E-state index < -0.39 is 5.97 Å². The number of esters is 1. The van der Waals surface area contributed by atoms with Gasteiger partial charge < -0.3 is 4.74 Å². The maximum absolute atomic E-state index is 12.7. The van der Waals surface area contributed by atoms with Gasteiger partial charge in [-0.3, -0.25) is 9.59 Å². The molecule has 0 saturated carbocycles. The zero-order chi connectivity index (χ0) is 17.1. The molecule has 7 heteroatoms. The van der Waals surface area contributed by atoms with Gasteiger partial charge in [-0.15, -0.1) is 16.4 Å². The van der Waals surface area contributed by atoms with E-state index >= 15 is 0 Å². The smallest absolute Gasteiger partial charge is 0.327 e. The van der Waals surface area contributed by atoms with Crippen molar-refractivity contribution in [1.29, 1.82) is 0 Å². The number of hydrogen-bond donors (Lipinski definition) is 0. The van der Waals surface area contributed by atoms with Crippen molar-refractivity contribution in [3.63, 3.8) is 0 Å². The second kappa shape index (κ2) is 7.42. The highest BCUT2D eigenvalue weighted by molar-refractivity contribution is 7.18. The second-order valence-corrected chi connectivity index (χ2v) is 7.60. The number of carbonyl (C=O) groups excluding carboxylic acids is 1. The molecular weight excluding hydrogens is 326 g/mol. The summed E-state index contributed by atoms with van der Waals surface area (Å²) in [6.45, 7) is 4.54. The van der Waals surface area contributed by atoms with E-state index in [-0.39, 0.29) is 12.1 Å². The standard InChI is InChI=1S/C17H23N3O3S/c1-3-4-5-8-23-14(21)10-20-17(22)15-12-7-6-11(2)9-13(12)24-16(15)18-19-20/h11H,3-10H2,1-2H3/t11-/m1/s1. The number of unbranched alkanes of at least 4 members (excludes halogenated alkanes) is 2. The van der Waals surface area contributed by atoms with Gasteiger partial charge in [-0.2, -0.15) is 4.68 Å². The first-order valence-corrected chi connectivity index (χ1v) is 9.45. The maximum Gasteiger partial charge on any atom is 0.327 e. The molecule has 6 nitrogen and oxygen atoms in total. The molecule has 1 atom stereocenters. The van der Waals surface area contributed by atoms with Gasteiger partial charge in [0, 0.05) is 4.88 Å². The van der Waals surface area contributed by atoms with Crippen molar-refractivity contribution < 1.29 is 9.53 Å². The number of thiophene rings is 1. The summed E-state index contributed by atoms with van der Waals surface area (Å²) in [6.07, 6.45) is 5.92. The van der Waals surface area contributed by atoms with E-state index in [0.29, 0.717) is 22.7 Å². The van der Waals surface area contributed by atoms with Crippen LogP contribution in [0.4, 0.5) is 0 Å². The molecule has 3 rings (SSSR count). The van der Waals surface area contributed by atoms with E-state index in [4.69, 9.17) is 4.74 Å². The normalized spacial score (nSPS) is 17.0. The predicted octanol–water partition coefficient (Wildman–Crippen LogP) is 2.71. The van der Waals surface area contributed by atoms with Gasteiger partial charge in [0.15, 0.2) is 4.83 Å². The Bertz CT molecular complexity index is 796. The molecule has 1 aliphatic rings. The van der Waals surface area contributed by atoms with Crippen LogP contribution in [0.1, 0.15) is 50.0 Å². The molecule has 0 radical (unpaired) electrons. The molecular formula is C17H23N3O3S. The van der Waals surface area contributed by atoms with E-state index in [9.17, 15) is 9.59 Å². The lowest BCUT2D eigenvalue weighted by Crippen LogP contribution is -2.29. The van der Waals surface area contributed by atoms with E-state index in [1.165, 1.54) is 4.88 Å². The zero-order valence-electron chi connectivity index (χ0n) is 14.2. The number of fused-ring (bicyclic) bond motifs is 3. The van der Waals surface area contributed by atoms with Crippen molar-refractivity contribution in [1.82, 2.24) is 15.0 Å². The minimum Gasteiger partial charge on any atom is -0.464 e. The topological polar surface area (TPSA) is 74.1 Å². The SMILES string of the molecule is CCCCCOC(=O)Cn1nnc2sc3c(c2c1=O)CC[C@@H](C)C3. The molecule has 2 heterocycles. The Balaban J connectivity index is 1.79. The van der Waals surface area contributed by atoms with E-state index in [0.717, 1.165) is 48.8 Å². The van der Waals surface area contributed by atoms with E-state index in [1.807, 2.05) is 0 Å². The van der Waals surface area contributed by atoms with Crippen molar-refractivity contribution in [2.75, 3.05) is 6.61 Å². The van der Waals surface area contributed by atoms with Gasteiger partial charge in [0.1, 0.15) is 6.54 Å². The van der Waals surface area contributed by atoms with Gasteiger partial charge in [-0.25, -0.2) is 0 Å². The van der Waals surface area contributed by atoms with Crippen LogP contribution >= 0.6 is 11.3 Å². The summed E-state index contributed by atoms with van der Waals surface area (Å²) in [5.74, 6) is 0.207. The highest BCUT2D eigenvalue weighted by Crippen LogP contribution is 2.35. The van der Waals surface area contributed by atoms with E-state index in [1.54, 1.807) is 11.3 Å². The van der Waals surface area contributed by atoms with Gasteiger partial charge in [0.05, 0.1) is 12.0 Å². The molecule has 2 aromatic heterocycles. The number of hydrogen-bond acceptors (Lipinski definition) is 6. The Morgan fingerprint density at radius 1 is 1.42 bits per heavy atom. The molecule has 0 spiro atoms. The molecule has 0 N–H and O–H groups in total. The molecule has 0 saturated heterocycles. The molecule has 0 amide bonds. The van der Waals surface area contributed by atoms with Crippen LogP contribution in [0.15, 0.2) is 4.79 Å². The highest BCUT2D eigenvalue weighted by atomic mass is 32.1. The van der Waals surface area contributed by atoms with Gasteiger partial charge in [0.2, 0.25) is 0 Å². The Kier molecular flexibility index (Phi) is 5.28. The highest BCUT2D eigenvalue weighted by Gasteiger charge is 2.24. The summed E-state index contributed by atoms with van der Waals surface area (Å²) in [4.78, 5) is 26.5. The lowest BCUT2D eigenvalue weighted by atomic mass is 9.89. The fraction of sp³-hybridized carbons (Fsp3) is 0.647. The van der Waals surface area contributed by atoms with Crippen LogP contribution in [0, 0.1) is 5.92 Å². The Labute approximate surface area is 144 Å². The first-order chi connectivity index (χ1) is 11.6. The number of ether oxygens (including phenoxy) is 1. The van der Waals surface area contributed by atoms with Crippen molar-refractivity contribution in [3.8, 4) is 0 Å². The van der Waals surface area contributed by atoms with Crippen LogP contribution < -0.4 is 5.56 Å². The lowest BCUT2D eigenvalue weighted by Gasteiger charge is -2.17. The predicted molar refractivity (Wildman–Crippen MR) is 93.3 cm³/mol. The Morgan fingerprint density at radius 3 is 3.04 bits per heavy atom. The number of nitrogens with zero attached hydrogens (tertiary/aromatic N) is 3. The first-order valence-electron chi connectivity index (χ1n) is 8.63. The van der Waals surface area contributed by atoms with Gasteiger partial charge >= 0.3 is 5.97 Å². The molecule has 0 fully saturated rings. The lowest BCUT2D eigenvalue weighted by molar-refractivity contribution is -0.144. The summed E-state index contributed by atoms with van der Waals surface area (Å²) >= 11 is 1.56. The summed E-state index contributed by atoms with van der Waals surface area (Å²) < 4.78 is 6.29. The number of rotatable bonds is 6. The van der Waals surface area contributed by atoms with Crippen LogP contribution in [0.25, 0.3) is 10.2 Å². The summed E-state index contributed by atoms with van der Waals surface area (Å²) in [5.41, 5.74) is 0.885. The molecule has 130 valence electrons. The largest absolute Gasteiger partial charge is 0.464 e. The monoisotopic (exact) mass is 349 g/mol. The van der Waals surface area contributed by atoms with Crippen LogP contribution in [-0.2, 0) is 28.9 Å². The Hall–Kier alpha value is -1.76. The summed E-state index contributed by atoms with van der Waals surface area (Å²) in [5, 5.41) is 8.72. The van der Waals surface area contributed by atoms with Gasteiger partial charge in [-0.05, 0) is 37.2 Å². The van der Waals surface area contributed by atoms with Gasteiger partial charge in [-0.1, -0.05) is 31.9 Å². The third kappa shape index (κ3) is 3.50. The number of aryl methyl sites for hydroxylation is 1. The molecule has 1 aliphatic carbocycles. The average molecular weight is 349 g/mol. The number of aromatic nitrogens is 3. The Morgan fingerprint density at radius 2 is 2.25 bits per heavy atom. The maximum atomic E-state index is 12.7. The molecule has 24 heavy (non-hydrogen) atoms. The minimum atomic E-state index is -0.431. The van der Waals surface area contributed by atoms with Crippen molar-refractivity contribution in [3.05, 3.63) is 20.8 Å². The fourth-order valence-corrected chi connectivity index (χ4v) is 4.42. The third-order valence-corrected chi connectivity index (χ3v) is 5.61. The van der Waals surface area contributed by atoms with Crippen LogP contribution in [0.3, 0.4) is 0 Å². The molecule has 0 aromatic carbocycles. The molecule has 2 aromatic rings. The minimum absolute atomic E-state index is 0.172. The molecule has 0 aliphatic heterocycles. The average Bonchev–Trinajstić information content (AvgIpc) is 2.92. The molecule has 0 unspecified atom stereocenters. The fourth-order valence-electron chi connectivity index (χ4n) is 3.10. The van der Waals surface area contributed by atoms with Crippen molar-refractivity contribution in [2.24, 2.45) is 5.92 Å². The second-order valence-electron chi connectivity index (χ2n) is 6.51.